The zero-order valence-corrected chi connectivity index (χ0v) is 23.5. The molecule has 0 fully saturated rings. The first-order chi connectivity index (χ1) is 16.7. The summed E-state index contributed by atoms with van der Waals surface area (Å²) in [4.78, 5) is 29.6. The van der Waals surface area contributed by atoms with E-state index in [-0.39, 0.29) is 28.9 Å². The van der Waals surface area contributed by atoms with Gasteiger partial charge in [0.15, 0.2) is 18.1 Å². The molecule has 1 heterocycles. The number of aromatic nitrogens is 2. The Morgan fingerprint density at radius 1 is 1.26 bits per heavy atom. The first-order valence-corrected chi connectivity index (χ1v) is 12.8. The summed E-state index contributed by atoms with van der Waals surface area (Å²) in [7, 11) is 1.27. The van der Waals surface area contributed by atoms with Gasteiger partial charge in [-0.1, -0.05) is 41.4 Å². The van der Waals surface area contributed by atoms with E-state index in [1.807, 2.05) is 26.8 Å². The highest BCUT2D eigenvalue weighted by Gasteiger charge is 2.20. The third-order valence-electron chi connectivity index (χ3n) is 5.22. The van der Waals surface area contributed by atoms with E-state index >= 15 is 0 Å². The van der Waals surface area contributed by atoms with Crippen LogP contribution in [0.5, 0.6) is 11.5 Å². The number of carbonyl (C=O) groups excluding carboxylic acids is 1. The van der Waals surface area contributed by atoms with Crippen LogP contribution in [-0.4, -0.2) is 42.2 Å². The van der Waals surface area contributed by atoms with Crippen molar-refractivity contribution in [3.8, 4) is 11.5 Å². The number of methoxy groups -OCH3 is 1. The molecule has 11 heteroatoms. The highest BCUT2D eigenvalue weighted by atomic mass is 79.9. The summed E-state index contributed by atoms with van der Waals surface area (Å²) >= 11 is 13.4. The molecule has 8 nitrogen and oxygen atoms in total. The molecular weight excluding hydrogens is 606 g/mol. The number of halogens is 3. The molecule has 3 rings (SSSR count). The molecule has 0 saturated carbocycles. The fourth-order valence-corrected chi connectivity index (χ4v) is 4.20. The van der Waals surface area contributed by atoms with Crippen molar-refractivity contribution >= 4 is 66.5 Å². The standard InChI is InChI=1S/C24H24Br2ClN3O5/c1-5-13(3)23-29-17-8-7-15(25)10-16(17)24(32)30(23)28-11-14-9-18(34-6-2)22(21(27)20(14)26)35-12-19(31)33-4/h7-11,13H,5-6,12H2,1-4H3/t13-/m0/s1. The molecular formula is C24H24Br2ClN3O5. The van der Waals surface area contributed by atoms with Gasteiger partial charge in [0.2, 0.25) is 0 Å². The van der Waals surface area contributed by atoms with Crippen LogP contribution < -0.4 is 15.0 Å². The Bertz CT molecular complexity index is 1340. The van der Waals surface area contributed by atoms with Gasteiger partial charge in [-0.15, -0.1) is 0 Å². The Kier molecular flexibility index (Phi) is 9.32. The Morgan fingerprint density at radius 3 is 2.66 bits per heavy atom. The summed E-state index contributed by atoms with van der Waals surface area (Å²) in [5.41, 5.74) is 0.864. The van der Waals surface area contributed by atoms with Crippen molar-refractivity contribution in [1.29, 1.82) is 0 Å². The van der Waals surface area contributed by atoms with E-state index in [0.717, 1.165) is 10.9 Å². The van der Waals surface area contributed by atoms with Crippen molar-refractivity contribution < 1.29 is 19.0 Å². The van der Waals surface area contributed by atoms with Crippen molar-refractivity contribution in [3.63, 3.8) is 0 Å². The maximum absolute atomic E-state index is 13.4. The summed E-state index contributed by atoms with van der Waals surface area (Å²) in [6.07, 6.45) is 2.28. The van der Waals surface area contributed by atoms with Crippen LogP contribution in [0, 0.1) is 0 Å². The highest BCUT2D eigenvalue weighted by Crippen LogP contribution is 2.42. The van der Waals surface area contributed by atoms with Crippen molar-refractivity contribution in [2.45, 2.75) is 33.1 Å². The molecule has 0 N–H and O–H groups in total. The van der Waals surface area contributed by atoms with Gasteiger partial charge in [0.05, 0.1) is 30.8 Å². The number of esters is 1. The van der Waals surface area contributed by atoms with Crippen molar-refractivity contribution in [2.75, 3.05) is 20.3 Å². The van der Waals surface area contributed by atoms with Crippen molar-refractivity contribution in [1.82, 2.24) is 9.66 Å². The Balaban J connectivity index is 2.13. The first-order valence-electron chi connectivity index (χ1n) is 10.8. The molecule has 0 radical (unpaired) electrons. The molecule has 0 bridgehead atoms. The molecule has 186 valence electrons. The zero-order valence-electron chi connectivity index (χ0n) is 19.6. The number of benzene rings is 2. The number of fused-ring (bicyclic) bond motifs is 1. The van der Waals surface area contributed by atoms with E-state index in [1.54, 1.807) is 18.2 Å². The predicted octanol–water partition coefficient (Wildman–Crippen LogP) is 5.92. The normalized spacial score (nSPS) is 12.2. The minimum atomic E-state index is -0.558. The van der Waals surface area contributed by atoms with Crippen LogP contribution >= 0.6 is 43.5 Å². The zero-order chi connectivity index (χ0) is 25.7. The van der Waals surface area contributed by atoms with Gasteiger partial charge in [-0.25, -0.2) is 9.78 Å². The number of hydrogen-bond donors (Lipinski definition) is 0. The smallest absolute Gasteiger partial charge is 0.343 e. The van der Waals surface area contributed by atoms with E-state index in [4.69, 9.17) is 26.1 Å². The predicted molar refractivity (Wildman–Crippen MR) is 143 cm³/mol. The molecule has 0 saturated heterocycles. The van der Waals surface area contributed by atoms with Gasteiger partial charge in [-0.05, 0) is 53.5 Å². The van der Waals surface area contributed by atoms with Crippen LogP contribution in [0.25, 0.3) is 10.9 Å². The molecule has 2 aromatic carbocycles. The van der Waals surface area contributed by atoms with Crippen LogP contribution in [0.4, 0.5) is 0 Å². The van der Waals surface area contributed by atoms with Crippen LogP contribution in [0.15, 0.2) is 43.1 Å². The summed E-state index contributed by atoms with van der Waals surface area (Å²) in [6, 6.07) is 7.04. The molecule has 1 aromatic heterocycles. The Hall–Kier alpha value is -2.43. The summed E-state index contributed by atoms with van der Waals surface area (Å²) in [5, 5.41) is 5.12. The summed E-state index contributed by atoms with van der Waals surface area (Å²) < 4.78 is 18.4. The SMILES string of the molecule is CCOc1cc(C=Nn2c([C@@H](C)CC)nc3ccc(Br)cc3c2=O)c(Br)c(Cl)c1OCC(=O)OC. The van der Waals surface area contributed by atoms with E-state index in [1.165, 1.54) is 18.0 Å². The number of hydrogen-bond acceptors (Lipinski definition) is 7. The number of carbonyl (C=O) groups is 1. The second-order valence-electron chi connectivity index (χ2n) is 7.52. The largest absolute Gasteiger partial charge is 0.490 e. The van der Waals surface area contributed by atoms with Gasteiger partial charge in [0, 0.05) is 20.4 Å². The third kappa shape index (κ3) is 6.05. The van der Waals surface area contributed by atoms with Crippen LogP contribution in [0.3, 0.4) is 0 Å². The Labute approximate surface area is 224 Å². The minimum Gasteiger partial charge on any atom is -0.490 e. The topological polar surface area (TPSA) is 92.0 Å². The van der Waals surface area contributed by atoms with E-state index < -0.39 is 5.97 Å². The van der Waals surface area contributed by atoms with E-state index in [0.29, 0.717) is 39.1 Å². The maximum atomic E-state index is 13.4. The molecule has 0 unspecified atom stereocenters. The summed E-state index contributed by atoms with van der Waals surface area (Å²) in [6.45, 7) is 5.83. The van der Waals surface area contributed by atoms with Crippen LogP contribution in [0.2, 0.25) is 5.02 Å². The number of ether oxygens (including phenoxy) is 3. The number of rotatable bonds is 9. The lowest BCUT2D eigenvalue weighted by Gasteiger charge is -2.16. The van der Waals surface area contributed by atoms with Gasteiger partial charge in [-0.2, -0.15) is 9.78 Å². The second kappa shape index (κ2) is 12.0. The van der Waals surface area contributed by atoms with Gasteiger partial charge in [0.1, 0.15) is 10.8 Å². The number of nitrogens with zero attached hydrogens (tertiary/aromatic N) is 3. The third-order valence-corrected chi connectivity index (χ3v) is 7.15. The lowest BCUT2D eigenvalue weighted by molar-refractivity contribution is -0.142. The molecule has 3 aromatic rings. The maximum Gasteiger partial charge on any atom is 0.343 e. The quantitative estimate of drug-likeness (QED) is 0.216. The molecule has 0 aliphatic heterocycles. The highest BCUT2D eigenvalue weighted by molar-refractivity contribution is 9.10. The van der Waals surface area contributed by atoms with Gasteiger partial charge in [0.25, 0.3) is 5.56 Å². The molecule has 1 atom stereocenters. The lowest BCUT2D eigenvalue weighted by Crippen LogP contribution is -2.23. The van der Waals surface area contributed by atoms with E-state index in [2.05, 4.69) is 41.7 Å². The van der Waals surface area contributed by atoms with Gasteiger partial charge < -0.3 is 14.2 Å². The molecule has 0 spiro atoms. The fourth-order valence-electron chi connectivity index (χ4n) is 3.18. The van der Waals surface area contributed by atoms with E-state index in [9.17, 15) is 9.59 Å². The van der Waals surface area contributed by atoms with Crippen LogP contribution in [0.1, 0.15) is 44.5 Å². The summed E-state index contributed by atoms with van der Waals surface area (Å²) in [5.74, 6) is 0.498. The molecule has 35 heavy (non-hydrogen) atoms. The monoisotopic (exact) mass is 627 g/mol. The lowest BCUT2D eigenvalue weighted by atomic mass is 10.1. The minimum absolute atomic E-state index is 0.00647. The first kappa shape index (κ1) is 27.2. The Morgan fingerprint density at radius 2 is 2.00 bits per heavy atom. The second-order valence-corrected chi connectivity index (χ2v) is 9.61. The fraction of sp³-hybridized carbons (Fsp3) is 0.333. The molecule has 0 amide bonds. The van der Waals surface area contributed by atoms with Crippen molar-refractivity contribution in [3.05, 3.63) is 60.0 Å². The average molecular weight is 630 g/mol. The van der Waals surface area contributed by atoms with Crippen molar-refractivity contribution in [2.24, 2.45) is 5.10 Å². The van der Waals surface area contributed by atoms with Crippen LogP contribution in [-0.2, 0) is 9.53 Å². The average Bonchev–Trinajstić information content (AvgIpc) is 2.85. The van der Waals surface area contributed by atoms with Gasteiger partial charge in [-0.3, -0.25) is 4.79 Å². The molecule has 0 aliphatic carbocycles. The molecule has 0 aliphatic rings. The van der Waals surface area contributed by atoms with Gasteiger partial charge >= 0.3 is 5.97 Å².